The van der Waals surface area contributed by atoms with Gasteiger partial charge in [-0.05, 0) is 78.6 Å². The molecule has 2 aromatic carbocycles. The van der Waals surface area contributed by atoms with Crippen molar-refractivity contribution in [3.05, 3.63) is 104 Å². The number of pyridine rings is 1. The molecule has 232 valence electrons. The van der Waals surface area contributed by atoms with Crippen LogP contribution in [0.25, 0.3) is 5.82 Å². The van der Waals surface area contributed by atoms with E-state index < -0.39 is 34.1 Å². The number of ketones is 2. The predicted molar refractivity (Wildman–Crippen MR) is 160 cm³/mol. The van der Waals surface area contributed by atoms with Gasteiger partial charge in [-0.2, -0.15) is 18.3 Å². The first-order valence-corrected chi connectivity index (χ1v) is 15.5. The molecule has 1 N–H and O–H groups in total. The molecule has 4 aromatic rings. The highest BCUT2D eigenvalue weighted by Gasteiger charge is 2.31. The summed E-state index contributed by atoms with van der Waals surface area (Å²) in [6.45, 7) is 5.15. The molecule has 2 aromatic heterocycles. The molecule has 0 radical (unpaired) electrons. The SMILES string of the molecule is Cc1cc(Cl)cc(C(=O)CC(C)C)c1CC(=O)c1cc(CNS(=O)(=O)c2ccc(C(F)(F)F)cc2)nn1-c1ncccc1Cl. The van der Waals surface area contributed by atoms with Gasteiger partial charge < -0.3 is 0 Å². The van der Waals surface area contributed by atoms with Gasteiger partial charge >= 0.3 is 6.18 Å². The lowest BCUT2D eigenvalue weighted by Crippen LogP contribution is -2.23. The average Bonchev–Trinajstić information content (AvgIpc) is 3.37. The quantitative estimate of drug-likeness (QED) is 0.172. The fourth-order valence-electron chi connectivity index (χ4n) is 4.47. The molecule has 8 nitrogen and oxygen atoms in total. The van der Waals surface area contributed by atoms with Crippen molar-refractivity contribution in [1.82, 2.24) is 19.5 Å². The molecule has 0 bridgehead atoms. The van der Waals surface area contributed by atoms with Crippen LogP contribution in [-0.4, -0.2) is 34.7 Å². The standard InChI is InChI=1S/C30H27Cl2F3N4O4S/c1-17(2)11-27(40)24-13-20(31)12-18(3)23(24)15-28(41)26-14-21(38-39(26)29-25(32)5-4-10-36-29)16-37-44(42,43)22-8-6-19(7-9-22)30(33,34)35/h4-10,12-14,17,37H,11,15-16H2,1-3H3. The maximum atomic E-state index is 13.8. The Labute approximate surface area is 262 Å². The van der Waals surface area contributed by atoms with Crippen LogP contribution in [0.1, 0.15) is 63.5 Å². The minimum atomic E-state index is -4.62. The summed E-state index contributed by atoms with van der Waals surface area (Å²) in [4.78, 5) is 30.7. The van der Waals surface area contributed by atoms with Crippen LogP contribution in [0.4, 0.5) is 13.2 Å². The largest absolute Gasteiger partial charge is 0.416 e. The maximum absolute atomic E-state index is 13.8. The van der Waals surface area contributed by atoms with Gasteiger partial charge in [-0.15, -0.1) is 0 Å². The number of nitrogens with one attached hydrogen (secondary N) is 1. The fourth-order valence-corrected chi connectivity index (χ4v) is 5.95. The second-order valence-electron chi connectivity index (χ2n) is 10.5. The summed E-state index contributed by atoms with van der Waals surface area (Å²) < 4.78 is 67.9. The molecule has 2 heterocycles. The first-order chi connectivity index (χ1) is 20.6. The molecule has 0 aliphatic rings. The second kappa shape index (κ2) is 13.2. The van der Waals surface area contributed by atoms with E-state index in [4.69, 9.17) is 23.2 Å². The van der Waals surface area contributed by atoms with E-state index >= 15 is 0 Å². The number of carbonyl (C=O) groups excluding carboxylic acids is 2. The number of sulfonamides is 1. The summed E-state index contributed by atoms with van der Waals surface area (Å²) in [6.07, 6.45) is -3.12. The third-order valence-corrected chi connectivity index (χ3v) is 8.52. The smallest absolute Gasteiger partial charge is 0.294 e. The van der Waals surface area contributed by atoms with Gasteiger partial charge in [0.1, 0.15) is 5.69 Å². The van der Waals surface area contributed by atoms with Gasteiger partial charge in [-0.3, -0.25) is 9.59 Å². The summed E-state index contributed by atoms with van der Waals surface area (Å²) in [5, 5.41) is 4.89. The Morgan fingerprint density at radius 1 is 1.02 bits per heavy atom. The van der Waals surface area contributed by atoms with Crippen LogP contribution in [0.3, 0.4) is 0 Å². The van der Waals surface area contributed by atoms with E-state index in [1.807, 2.05) is 13.8 Å². The molecule has 0 unspecified atom stereocenters. The first-order valence-electron chi connectivity index (χ1n) is 13.3. The topological polar surface area (TPSA) is 111 Å². The highest BCUT2D eigenvalue weighted by Crippen LogP contribution is 2.30. The third kappa shape index (κ3) is 7.73. The van der Waals surface area contributed by atoms with E-state index in [9.17, 15) is 31.2 Å². The molecule has 0 amide bonds. The third-order valence-electron chi connectivity index (χ3n) is 6.59. The molecule has 0 saturated heterocycles. The minimum Gasteiger partial charge on any atom is -0.294 e. The number of aromatic nitrogens is 3. The number of carbonyl (C=O) groups is 2. The number of aryl methyl sites for hydroxylation is 1. The van der Waals surface area contributed by atoms with Crippen molar-refractivity contribution in [3.8, 4) is 5.82 Å². The van der Waals surface area contributed by atoms with Crippen LogP contribution in [0.5, 0.6) is 0 Å². The Hall–Kier alpha value is -3.58. The Kier molecular flexibility index (Phi) is 9.99. The zero-order valence-corrected chi connectivity index (χ0v) is 26.1. The zero-order chi connectivity index (χ0) is 32.4. The van der Waals surface area contributed by atoms with Crippen LogP contribution in [-0.2, 0) is 29.2 Å². The van der Waals surface area contributed by atoms with E-state index in [-0.39, 0.29) is 51.7 Å². The molecule has 0 fully saturated rings. The molecule has 0 spiro atoms. The molecule has 0 atom stereocenters. The van der Waals surface area contributed by atoms with Gasteiger partial charge in [0.05, 0.1) is 27.7 Å². The Morgan fingerprint density at radius 2 is 1.70 bits per heavy atom. The highest BCUT2D eigenvalue weighted by molar-refractivity contribution is 7.89. The summed E-state index contributed by atoms with van der Waals surface area (Å²) >= 11 is 12.6. The maximum Gasteiger partial charge on any atom is 0.416 e. The second-order valence-corrected chi connectivity index (χ2v) is 13.1. The molecule has 14 heteroatoms. The van der Waals surface area contributed by atoms with Crippen molar-refractivity contribution in [1.29, 1.82) is 0 Å². The van der Waals surface area contributed by atoms with Crippen LogP contribution >= 0.6 is 23.2 Å². The van der Waals surface area contributed by atoms with Crippen molar-refractivity contribution in [2.45, 2.75) is 51.2 Å². The molecule has 44 heavy (non-hydrogen) atoms. The number of hydrogen-bond donors (Lipinski definition) is 1. The van der Waals surface area contributed by atoms with E-state index in [1.165, 1.54) is 23.0 Å². The summed E-state index contributed by atoms with van der Waals surface area (Å²) in [5.41, 5.74) is 0.610. The van der Waals surface area contributed by atoms with Gasteiger partial charge in [-0.25, -0.2) is 22.8 Å². The predicted octanol–water partition coefficient (Wildman–Crippen LogP) is 7.03. The van der Waals surface area contributed by atoms with E-state index in [0.717, 1.165) is 12.1 Å². The fraction of sp³-hybridized carbons (Fsp3) is 0.267. The number of rotatable bonds is 11. The van der Waals surface area contributed by atoms with Crippen molar-refractivity contribution in [2.24, 2.45) is 5.92 Å². The Morgan fingerprint density at radius 3 is 2.32 bits per heavy atom. The van der Waals surface area contributed by atoms with Crippen LogP contribution < -0.4 is 4.72 Å². The van der Waals surface area contributed by atoms with E-state index in [2.05, 4.69) is 14.8 Å². The normalized spacial score (nSPS) is 12.1. The number of alkyl halides is 3. The van der Waals surface area contributed by atoms with Gasteiger partial charge in [0.25, 0.3) is 0 Å². The molecule has 0 aliphatic carbocycles. The number of benzene rings is 2. The number of nitrogens with zero attached hydrogens (tertiary/aromatic N) is 3. The lowest BCUT2D eigenvalue weighted by atomic mass is 9.91. The molecule has 0 aliphatic heterocycles. The Balaban J connectivity index is 1.68. The summed E-state index contributed by atoms with van der Waals surface area (Å²) in [5.74, 6) is -0.432. The monoisotopic (exact) mass is 666 g/mol. The van der Waals surface area contributed by atoms with Crippen molar-refractivity contribution in [3.63, 3.8) is 0 Å². The Bertz CT molecular complexity index is 1820. The van der Waals surface area contributed by atoms with Crippen LogP contribution in [0.15, 0.2) is 65.7 Å². The zero-order valence-electron chi connectivity index (χ0n) is 23.7. The van der Waals surface area contributed by atoms with E-state index in [1.54, 1.807) is 25.1 Å². The molecule has 0 saturated carbocycles. The van der Waals surface area contributed by atoms with E-state index in [0.29, 0.717) is 33.8 Å². The lowest BCUT2D eigenvalue weighted by molar-refractivity contribution is -0.137. The first kappa shape index (κ1) is 33.3. The van der Waals surface area contributed by atoms with Gasteiger partial charge in [-0.1, -0.05) is 37.0 Å². The molecular formula is C30H27Cl2F3N4O4S. The van der Waals surface area contributed by atoms with Crippen LogP contribution in [0, 0.1) is 12.8 Å². The van der Waals surface area contributed by atoms with Gasteiger partial charge in [0, 0.05) is 29.6 Å². The van der Waals surface area contributed by atoms with Gasteiger partial charge in [0.2, 0.25) is 10.0 Å². The van der Waals surface area contributed by atoms with Crippen molar-refractivity contribution >= 4 is 44.8 Å². The summed E-state index contributed by atoms with van der Waals surface area (Å²) in [7, 11) is -4.24. The average molecular weight is 668 g/mol. The van der Waals surface area contributed by atoms with Crippen molar-refractivity contribution < 1.29 is 31.2 Å². The highest BCUT2D eigenvalue weighted by atomic mass is 35.5. The van der Waals surface area contributed by atoms with Crippen molar-refractivity contribution in [2.75, 3.05) is 0 Å². The number of hydrogen-bond acceptors (Lipinski definition) is 6. The number of Topliss-reactive ketones (excluding diaryl/α,β-unsaturated/α-hetero) is 2. The minimum absolute atomic E-state index is 0.0194. The van der Waals surface area contributed by atoms with Crippen LogP contribution in [0.2, 0.25) is 10.0 Å². The molecular weight excluding hydrogens is 640 g/mol. The summed E-state index contributed by atoms with van der Waals surface area (Å²) in [6, 6.07) is 10.7. The lowest BCUT2D eigenvalue weighted by Gasteiger charge is -2.14. The number of halogens is 5. The molecule has 4 rings (SSSR count). The van der Waals surface area contributed by atoms with Gasteiger partial charge in [0.15, 0.2) is 17.4 Å².